The van der Waals surface area contributed by atoms with Crippen molar-refractivity contribution in [1.29, 1.82) is 0 Å². The first-order valence-corrected chi connectivity index (χ1v) is 8.00. The Kier molecular flexibility index (Phi) is 4.30. The molecule has 0 atom stereocenters. The lowest BCUT2D eigenvalue weighted by atomic mass is 10.3. The maximum Gasteiger partial charge on any atom is 0.304 e. The van der Waals surface area contributed by atoms with Crippen LogP contribution in [0.25, 0.3) is 0 Å². The standard InChI is InChI=1S/C11H10FN3O4S2/c1-7-11(20-6-13-7)5-14-21(18,19)8-2-3-10(15(16)17)9(12)4-8/h2-4,6,14H,5H2,1H3. The number of nitrogens with one attached hydrogen (secondary N) is 1. The molecule has 1 aromatic carbocycles. The predicted molar refractivity (Wildman–Crippen MR) is 73.9 cm³/mol. The molecular weight excluding hydrogens is 321 g/mol. The van der Waals surface area contributed by atoms with Crippen LogP contribution in [0.3, 0.4) is 0 Å². The van der Waals surface area contributed by atoms with E-state index in [-0.39, 0.29) is 11.4 Å². The molecule has 0 unspecified atom stereocenters. The summed E-state index contributed by atoms with van der Waals surface area (Å²) < 4.78 is 39.8. The van der Waals surface area contributed by atoms with Crippen molar-refractivity contribution in [2.45, 2.75) is 18.4 Å². The van der Waals surface area contributed by atoms with E-state index in [1.165, 1.54) is 11.3 Å². The van der Waals surface area contributed by atoms with Crippen molar-refractivity contribution in [2.75, 3.05) is 0 Å². The predicted octanol–water partition coefficient (Wildman–Crippen LogP) is 1.98. The molecule has 10 heteroatoms. The second kappa shape index (κ2) is 5.84. The summed E-state index contributed by atoms with van der Waals surface area (Å²) in [6.07, 6.45) is 0. The summed E-state index contributed by atoms with van der Waals surface area (Å²) in [5.74, 6) is -1.20. The molecule has 0 aliphatic carbocycles. The van der Waals surface area contributed by atoms with E-state index in [1.807, 2.05) is 0 Å². The molecule has 0 saturated heterocycles. The molecule has 7 nitrogen and oxygen atoms in total. The highest BCUT2D eigenvalue weighted by Crippen LogP contribution is 2.21. The molecule has 0 spiro atoms. The SMILES string of the molecule is Cc1ncsc1CNS(=O)(=O)c1ccc([N+](=O)[O-])c(F)c1. The lowest BCUT2D eigenvalue weighted by Crippen LogP contribution is -2.23. The molecule has 21 heavy (non-hydrogen) atoms. The Labute approximate surface area is 123 Å². The Morgan fingerprint density at radius 2 is 2.19 bits per heavy atom. The normalized spacial score (nSPS) is 11.5. The smallest absolute Gasteiger partial charge is 0.258 e. The zero-order valence-electron chi connectivity index (χ0n) is 10.7. The largest absolute Gasteiger partial charge is 0.304 e. The minimum atomic E-state index is -3.95. The van der Waals surface area contributed by atoms with E-state index in [4.69, 9.17) is 0 Å². The van der Waals surface area contributed by atoms with E-state index < -0.39 is 26.5 Å². The third-order valence-electron chi connectivity index (χ3n) is 2.69. The Hall–Kier alpha value is -1.91. The van der Waals surface area contributed by atoms with Crippen molar-refractivity contribution >= 4 is 27.0 Å². The fourth-order valence-corrected chi connectivity index (χ4v) is 3.36. The molecular formula is C11H10FN3O4S2. The van der Waals surface area contributed by atoms with Crippen LogP contribution < -0.4 is 4.72 Å². The van der Waals surface area contributed by atoms with Gasteiger partial charge in [0.2, 0.25) is 15.8 Å². The number of halogens is 1. The van der Waals surface area contributed by atoms with E-state index in [2.05, 4.69) is 9.71 Å². The summed E-state index contributed by atoms with van der Waals surface area (Å²) in [4.78, 5) is 13.9. The highest BCUT2D eigenvalue weighted by molar-refractivity contribution is 7.89. The highest BCUT2D eigenvalue weighted by Gasteiger charge is 2.20. The number of benzene rings is 1. The van der Waals surface area contributed by atoms with Gasteiger partial charge in [-0.3, -0.25) is 10.1 Å². The monoisotopic (exact) mass is 331 g/mol. The van der Waals surface area contributed by atoms with Crippen molar-refractivity contribution in [3.8, 4) is 0 Å². The van der Waals surface area contributed by atoms with Crippen molar-refractivity contribution in [3.63, 3.8) is 0 Å². The van der Waals surface area contributed by atoms with E-state index in [0.717, 1.165) is 17.0 Å². The number of nitro benzene ring substituents is 1. The van der Waals surface area contributed by atoms with Crippen LogP contribution in [0, 0.1) is 22.9 Å². The van der Waals surface area contributed by atoms with Gasteiger partial charge >= 0.3 is 5.69 Å². The van der Waals surface area contributed by atoms with Crippen LogP contribution >= 0.6 is 11.3 Å². The van der Waals surface area contributed by atoms with Gasteiger partial charge < -0.3 is 0 Å². The van der Waals surface area contributed by atoms with E-state index >= 15 is 0 Å². The van der Waals surface area contributed by atoms with Crippen molar-refractivity contribution in [3.05, 3.63) is 50.2 Å². The molecule has 0 aliphatic rings. The van der Waals surface area contributed by atoms with Crippen LogP contribution in [0.15, 0.2) is 28.6 Å². The zero-order chi connectivity index (χ0) is 15.6. The quantitative estimate of drug-likeness (QED) is 0.666. The van der Waals surface area contributed by atoms with E-state index in [0.29, 0.717) is 11.8 Å². The van der Waals surface area contributed by atoms with E-state index in [1.54, 1.807) is 12.4 Å². The Bertz CT molecular complexity index is 789. The number of rotatable bonds is 5. The average Bonchev–Trinajstić information content (AvgIpc) is 2.81. The molecule has 2 aromatic rings. The third-order valence-corrected chi connectivity index (χ3v) is 5.03. The first-order chi connectivity index (χ1) is 9.81. The maximum atomic E-state index is 13.5. The van der Waals surface area contributed by atoms with Gasteiger partial charge in [0.1, 0.15) is 0 Å². The zero-order valence-corrected chi connectivity index (χ0v) is 12.4. The molecule has 0 bridgehead atoms. The minimum Gasteiger partial charge on any atom is -0.258 e. The molecule has 2 rings (SSSR count). The van der Waals surface area contributed by atoms with Gasteiger partial charge in [-0.05, 0) is 13.0 Å². The van der Waals surface area contributed by atoms with Crippen LogP contribution in [-0.2, 0) is 16.6 Å². The van der Waals surface area contributed by atoms with Gasteiger partial charge in [0.05, 0.1) is 21.0 Å². The number of nitrogens with zero attached hydrogens (tertiary/aromatic N) is 2. The van der Waals surface area contributed by atoms with E-state index in [9.17, 15) is 22.9 Å². The van der Waals surface area contributed by atoms with Crippen LogP contribution in [-0.4, -0.2) is 18.3 Å². The molecule has 1 aromatic heterocycles. The van der Waals surface area contributed by atoms with Gasteiger partial charge in [0.15, 0.2) is 0 Å². The summed E-state index contributed by atoms with van der Waals surface area (Å²) in [6, 6.07) is 2.44. The summed E-state index contributed by atoms with van der Waals surface area (Å²) in [5.41, 5.74) is 1.52. The molecule has 0 amide bonds. The summed E-state index contributed by atoms with van der Waals surface area (Å²) >= 11 is 1.29. The number of aromatic nitrogens is 1. The van der Waals surface area contributed by atoms with Crippen molar-refractivity contribution in [1.82, 2.24) is 9.71 Å². The molecule has 1 heterocycles. The van der Waals surface area contributed by atoms with Crippen molar-refractivity contribution in [2.24, 2.45) is 0 Å². The Morgan fingerprint density at radius 1 is 1.48 bits per heavy atom. The summed E-state index contributed by atoms with van der Waals surface area (Å²) in [7, 11) is -3.95. The minimum absolute atomic E-state index is 0.0252. The molecule has 0 aliphatic heterocycles. The third kappa shape index (κ3) is 3.40. The second-order valence-electron chi connectivity index (χ2n) is 4.06. The lowest BCUT2D eigenvalue weighted by Gasteiger charge is -2.06. The number of hydrogen-bond acceptors (Lipinski definition) is 6. The highest BCUT2D eigenvalue weighted by atomic mass is 32.2. The molecule has 0 radical (unpaired) electrons. The van der Waals surface area contributed by atoms with Crippen molar-refractivity contribution < 1.29 is 17.7 Å². The van der Waals surface area contributed by atoms with Gasteiger partial charge in [0, 0.05) is 23.6 Å². The van der Waals surface area contributed by atoms with Gasteiger partial charge in [-0.25, -0.2) is 18.1 Å². The first kappa shape index (κ1) is 15.5. The number of hydrogen-bond donors (Lipinski definition) is 1. The van der Waals surface area contributed by atoms with Crippen LogP contribution in [0.2, 0.25) is 0 Å². The number of aryl methyl sites for hydroxylation is 1. The number of sulfonamides is 1. The first-order valence-electron chi connectivity index (χ1n) is 5.64. The topological polar surface area (TPSA) is 102 Å². The van der Waals surface area contributed by atoms with Gasteiger partial charge in [-0.1, -0.05) is 0 Å². The van der Waals surface area contributed by atoms with Gasteiger partial charge in [0.25, 0.3) is 0 Å². The average molecular weight is 331 g/mol. The molecule has 112 valence electrons. The number of nitro groups is 1. The molecule has 0 saturated carbocycles. The van der Waals surface area contributed by atoms with Crippen LogP contribution in [0.4, 0.5) is 10.1 Å². The van der Waals surface area contributed by atoms with Crippen LogP contribution in [0.5, 0.6) is 0 Å². The molecule has 1 N–H and O–H groups in total. The lowest BCUT2D eigenvalue weighted by molar-refractivity contribution is -0.387. The number of thiazole rings is 1. The van der Waals surface area contributed by atoms with Gasteiger partial charge in [-0.15, -0.1) is 11.3 Å². The summed E-state index contributed by atoms with van der Waals surface area (Å²) in [6.45, 7) is 1.77. The summed E-state index contributed by atoms with van der Waals surface area (Å²) in [5, 5.41) is 10.5. The fourth-order valence-electron chi connectivity index (χ4n) is 1.54. The van der Waals surface area contributed by atoms with Crippen LogP contribution in [0.1, 0.15) is 10.6 Å². The molecule has 0 fully saturated rings. The Morgan fingerprint density at radius 3 is 2.71 bits per heavy atom. The Balaban J connectivity index is 2.22. The maximum absolute atomic E-state index is 13.5. The van der Waals surface area contributed by atoms with Gasteiger partial charge in [-0.2, -0.15) is 4.39 Å². The fraction of sp³-hybridized carbons (Fsp3) is 0.182. The second-order valence-corrected chi connectivity index (χ2v) is 6.76.